The summed E-state index contributed by atoms with van der Waals surface area (Å²) in [6.45, 7) is 0.518. The number of nitrogens with one attached hydrogen (secondary N) is 1. The maximum absolute atomic E-state index is 10.6. The van der Waals surface area contributed by atoms with Gasteiger partial charge < -0.3 is 5.32 Å². The summed E-state index contributed by atoms with van der Waals surface area (Å²) < 4.78 is 22.6. The highest BCUT2D eigenvalue weighted by molar-refractivity contribution is 7.69. The zero-order chi connectivity index (χ0) is 8.97. The number of hydrogen-bond acceptors (Lipinski definition) is 3. The third-order valence-electron chi connectivity index (χ3n) is 1.94. The molecule has 0 saturated carbocycles. The van der Waals surface area contributed by atoms with Crippen LogP contribution in [0.1, 0.15) is 19.3 Å². The number of amides is 1. The van der Waals surface area contributed by atoms with Crippen molar-refractivity contribution < 1.29 is 13.2 Å². The molecular weight excluding hydrogens is 180 g/mol. The molecule has 1 amide bonds. The number of hydrogen-bond donors (Lipinski definition) is 2. The normalized spacial score (nSPS) is 25.6. The first-order valence-corrected chi connectivity index (χ1v) is 4.99. The van der Waals surface area contributed by atoms with Crippen LogP contribution in [0.5, 0.6) is 0 Å². The molecule has 1 atom stereocenters. The molecule has 0 spiro atoms. The number of rotatable bonds is 3. The average molecular weight is 192 g/mol. The zero-order valence-corrected chi connectivity index (χ0v) is 7.50. The molecule has 6 heteroatoms. The Hall–Kier alpha value is -0.620. The minimum absolute atomic E-state index is 0.322. The first-order chi connectivity index (χ1) is 5.75. The highest BCUT2D eigenvalue weighted by Crippen LogP contribution is 2.13. The Labute approximate surface area is 72.8 Å². The topological polar surface area (TPSA) is 66.5 Å². The number of carbonyl (C=O) groups excluding carboxylic acids is 1. The minimum atomic E-state index is -2.56. The van der Waals surface area contributed by atoms with Gasteiger partial charge in [0.25, 0.3) is 0 Å². The molecule has 70 valence electrons. The van der Waals surface area contributed by atoms with Gasteiger partial charge in [-0.25, -0.2) is 8.42 Å². The molecule has 0 aliphatic carbocycles. The van der Waals surface area contributed by atoms with Crippen molar-refractivity contribution in [3.63, 3.8) is 0 Å². The van der Waals surface area contributed by atoms with Crippen LogP contribution in [0.4, 0.5) is 0 Å². The van der Waals surface area contributed by atoms with Crippen LogP contribution in [0.25, 0.3) is 0 Å². The van der Waals surface area contributed by atoms with E-state index in [-0.39, 0.29) is 6.17 Å². The summed E-state index contributed by atoms with van der Waals surface area (Å²) in [6, 6.07) is 0. The predicted molar refractivity (Wildman–Crippen MR) is 43.9 cm³/mol. The fourth-order valence-corrected chi connectivity index (χ4v) is 2.07. The summed E-state index contributed by atoms with van der Waals surface area (Å²) in [5.41, 5.74) is 0. The van der Waals surface area contributed by atoms with Crippen molar-refractivity contribution in [2.24, 2.45) is 0 Å². The van der Waals surface area contributed by atoms with Gasteiger partial charge in [0.2, 0.25) is 17.3 Å². The van der Waals surface area contributed by atoms with E-state index in [1.807, 2.05) is 0 Å². The molecule has 0 aromatic rings. The third-order valence-corrected chi connectivity index (χ3v) is 2.84. The lowest BCUT2D eigenvalue weighted by molar-refractivity contribution is -0.111. The fourth-order valence-electron chi connectivity index (χ4n) is 1.36. The van der Waals surface area contributed by atoms with Crippen molar-refractivity contribution in [1.82, 2.24) is 9.62 Å². The second-order valence-corrected chi connectivity index (χ2v) is 3.69. The van der Waals surface area contributed by atoms with Crippen LogP contribution in [0.2, 0.25) is 0 Å². The highest BCUT2D eigenvalue weighted by atomic mass is 32.2. The van der Waals surface area contributed by atoms with Crippen LogP contribution in [-0.4, -0.2) is 31.8 Å². The lowest BCUT2D eigenvalue weighted by Crippen LogP contribution is -2.47. The van der Waals surface area contributed by atoms with Gasteiger partial charge in [-0.3, -0.25) is 4.79 Å². The summed E-state index contributed by atoms with van der Waals surface area (Å²) in [5, 5.41) is 2.48. The number of carbonyl (C=O) groups is 1. The number of piperidine rings is 1. The van der Waals surface area contributed by atoms with Gasteiger partial charge in [0, 0.05) is 6.54 Å². The standard InChI is InChI=1S/C6H12N2O3S/c9-5-7-6-3-1-2-4-8(6)12(10)11/h5-6,12H,1-4H2,(H,7,9). The van der Waals surface area contributed by atoms with E-state index >= 15 is 0 Å². The van der Waals surface area contributed by atoms with Gasteiger partial charge in [-0.1, -0.05) is 0 Å². The molecule has 0 bridgehead atoms. The molecule has 0 radical (unpaired) electrons. The monoisotopic (exact) mass is 192 g/mol. The van der Waals surface area contributed by atoms with Gasteiger partial charge in [-0.05, 0) is 19.3 Å². The second-order valence-electron chi connectivity index (χ2n) is 2.70. The Kier molecular flexibility index (Phi) is 3.48. The van der Waals surface area contributed by atoms with Crippen molar-refractivity contribution in [3.05, 3.63) is 0 Å². The maximum Gasteiger partial charge on any atom is 0.208 e. The van der Waals surface area contributed by atoms with Crippen molar-refractivity contribution in [3.8, 4) is 0 Å². The zero-order valence-electron chi connectivity index (χ0n) is 6.60. The van der Waals surface area contributed by atoms with Gasteiger partial charge in [0.1, 0.15) is 0 Å². The highest BCUT2D eigenvalue weighted by Gasteiger charge is 2.23. The number of thiol groups is 1. The fraction of sp³-hybridized carbons (Fsp3) is 0.833. The molecule has 1 fully saturated rings. The third kappa shape index (κ3) is 2.18. The van der Waals surface area contributed by atoms with E-state index in [1.54, 1.807) is 0 Å². The SMILES string of the molecule is O=CNC1CCCCN1[SH](=O)=O. The maximum atomic E-state index is 10.6. The van der Waals surface area contributed by atoms with E-state index in [9.17, 15) is 13.2 Å². The van der Waals surface area contributed by atoms with E-state index in [1.165, 1.54) is 4.31 Å². The minimum Gasteiger partial charge on any atom is -0.342 e. The molecule has 12 heavy (non-hydrogen) atoms. The molecule has 1 aliphatic heterocycles. The molecule has 0 aromatic heterocycles. The van der Waals surface area contributed by atoms with Crippen molar-refractivity contribution in [2.45, 2.75) is 25.4 Å². The average Bonchev–Trinajstić information content (AvgIpc) is 2.05. The second kappa shape index (κ2) is 4.42. The van der Waals surface area contributed by atoms with E-state index in [4.69, 9.17) is 0 Å². The smallest absolute Gasteiger partial charge is 0.208 e. The lowest BCUT2D eigenvalue weighted by atomic mass is 10.1. The molecule has 1 N–H and O–H groups in total. The van der Waals surface area contributed by atoms with Crippen LogP contribution in [0.3, 0.4) is 0 Å². The molecule has 1 rings (SSSR count). The Balaban J connectivity index is 2.59. The van der Waals surface area contributed by atoms with Crippen LogP contribution in [0.15, 0.2) is 0 Å². The summed E-state index contributed by atoms with van der Waals surface area (Å²) in [7, 11) is -2.56. The van der Waals surface area contributed by atoms with Gasteiger partial charge in [0.15, 0.2) is 0 Å². The Bertz CT molecular complexity index is 221. The molecular formula is C6H12N2O3S. The van der Waals surface area contributed by atoms with Crippen molar-refractivity contribution in [1.29, 1.82) is 0 Å². The molecule has 1 heterocycles. The van der Waals surface area contributed by atoms with E-state index in [2.05, 4.69) is 5.32 Å². The van der Waals surface area contributed by atoms with E-state index in [0.717, 1.165) is 12.8 Å². The summed E-state index contributed by atoms with van der Waals surface area (Å²) in [4.78, 5) is 10.1. The Morgan fingerprint density at radius 3 is 2.75 bits per heavy atom. The van der Waals surface area contributed by atoms with Crippen LogP contribution in [-0.2, 0) is 15.7 Å². The Morgan fingerprint density at radius 2 is 2.17 bits per heavy atom. The lowest BCUT2D eigenvalue weighted by Gasteiger charge is -2.29. The summed E-state index contributed by atoms with van der Waals surface area (Å²) in [6.07, 6.45) is 2.77. The van der Waals surface area contributed by atoms with Crippen molar-refractivity contribution >= 4 is 17.3 Å². The quantitative estimate of drug-likeness (QED) is 0.448. The molecule has 5 nitrogen and oxygen atoms in total. The van der Waals surface area contributed by atoms with Crippen LogP contribution in [0, 0.1) is 0 Å². The molecule has 1 unspecified atom stereocenters. The molecule has 1 aliphatic rings. The van der Waals surface area contributed by atoms with Crippen molar-refractivity contribution in [2.75, 3.05) is 6.54 Å². The van der Waals surface area contributed by atoms with E-state index in [0.29, 0.717) is 19.4 Å². The summed E-state index contributed by atoms with van der Waals surface area (Å²) >= 11 is 0. The predicted octanol–water partition coefficient (Wildman–Crippen LogP) is -0.929. The molecule has 0 aromatic carbocycles. The molecule has 1 saturated heterocycles. The first-order valence-electron chi connectivity index (χ1n) is 3.86. The van der Waals surface area contributed by atoms with Gasteiger partial charge >= 0.3 is 0 Å². The number of nitrogens with zero attached hydrogens (tertiary/aromatic N) is 1. The first kappa shape index (κ1) is 9.47. The Morgan fingerprint density at radius 1 is 1.42 bits per heavy atom. The van der Waals surface area contributed by atoms with Gasteiger partial charge in [-0.2, -0.15) is 4.31 Å². The van der Waals surface area contributed by atoms with Gasteiger partial charge in [-0.15, -0.1) is 0 Å². The van der Waals surface area contributed by atoms with Crippen LogP contribution >= 0.6 is 0 Å². The summed E-state index contributed by atoms with van der Waals surface area (Å²) in [5.74, 6) is 0. The largest absolute Gasteiger partial charge is 0.342 e. The van der Waals surface area contributed by atoms with E-state index < -0.39 is 10.9 Å². The van der Waals surface area contributed by atoms with Gasteiger partial charge in [0.05, 0.1) is 6.17 Å². The van der Waals surface area contributed by atoms with Crippen LogP contribution < -0.4 is 5.32 Å².